The maximum atomic E-state index is 12.8. The van der Waals surface area contributed by atoms with E-state index in [0.29, 0.717) is 13.0 Å². The topological polar surface area (TPSA) is 192 Å². The first-order chi connectivity index (χ1) is 29.0. The van der Waals surface area contributed by atoms with E-state index in [4.69, 9.17) is 18.5 Å². The van der Waals surface area contributed by atoms with Gasteiger partial charge in [-0.05, 0) is 12.8 Å². The highest BCUT2D eigenvalue weighted by Gasteiger charge is 2.51. The molecule has 358 valence electrons. The highest BCUT2D eigenvalue weighted by Crippen LogP contribution is 2.47. The monoisotopic (exact) mass is 881 g/mol. The summed E-state index contributed by atoms with van der Waals surface area (Å²) < 4.78 is 34.2. The lowest BCUT2D eigenvalue weighted by Gasteiger charge is -2.41. The number of esters is 1. The molecule has 12 nitrogen and oxygen atoms in total. The molecule has 1 rings (SSSR count). The molecule has 0 aromatic carbocycles. The van der Waals surface area contributed by atoms with Crippen LogP contribution in [-0.4, -0.2) is 98.9 Å². The molecule has 13 heteroatoms. The molecule has 1 aliphatic carbocycles. The minimum Gasteiger partial charge on any atom is -0.457 e. The van der Waals surface area contributed by atoms with Gasteiger partial charge in [0.2, 0.25) is 0 Å². The number of rotatable bonds is 43. The van der Waals surface area contributed by atoms with Gasteiger partial charge in [0.1, 0.15) is 42.7 Å². The van der Waals surface area contributed by atoms with Gasteiger partial charge in [0.15, 0.2) is 0 Å². The van der Waals surface area contributed by atoms with Gasteiger partial charge in [-0.2, -0.15) is 0 Å². The van der Waals surface area contributed by atoms with E-state index in [1.165, 1.54) is 167 Å². The van der Waals surface area contributed by atoms with E-state index in [0.717, 1.165) is 38.5 Å². The number of phosphoric acid groups is 1. The van der Waals surface area contributed by atoms with E-state index in [9.17, 15) is 39.8 Å². The summed E-state index contributed by atoms with van der Waals surface area (Å²) in [5.41, 5.74) is 0. The van der Waals surface area contributed by atoms with E-state index in [1.807, 2.05) is 0 Å². The summed E-state index contributed by atoms with van der Waals surface area (Å²) in [6, 6.07) is 0. The maximum absolute atomic E-state index is 12.8. The second kappa shape index (κ2) is 38.8. The van der Waals surface area contributed by atoms with Crippen molar-refractivity contribution in [3.8, 4) is 0 Å². The molecule has 0 saturated heterocycles. The van der Waals surface area contributed by atoms with Crippen molar-refractivity contribution in [3.05, 3.63) is 0 Å². The Kier molecular flexibility index (Phi) is 37.1. The third kappa shape index (κ3) is 30.4. The van der Waals surface area contributed by atoms with E-state index < -0.39 is 63.1 Å². The Morgan fingerprint density at radius 1 is 0.467 bits per heavy atom. The predicted octanol–water partition coefficient (Wildman–Crippen LogP) is 10.5. The van der Waals surface area contributed by atoms with Crippen LogP contribution < -0.4 is 0 Å². The summed E-state index contributed by atoms with van der Waals surface area (Å²) in [7, 11) is -5.01. The Hall–Kier alpha value is -0.660. The lowest BCUT2D eigenvalue weighted by molar-refractivity contribution is -0.220. The smallest absolute Gasteiger partial charge is 0.457 e. The Morgan fingerprint density at radius 2 is 0.783 bits per heavy atom. The Labute approximate surface area is 365 Å². The average molecular weight is 881 g/mol. The molecule has 1 aliphatic rings. The second-order valence-corrected chi connectivity index (χ2v) is 19.1. The van der Waals surface area contributed by atoms with Gasteiger partial charge in [-0.25, -0.2) is 4.57 Å². The summed E-state index contributed by atoms with van der Waals surface area (Å²) in [5.74, 6) is -0.470. The summed E-state index contributed by atoms with van der Waals surface area (Å²) in [4.78, 5) is 23.2. The molecule has 8 atom stereocenters. The summed E-state index contributed by atoms with van der Waals surface area (Å²) >= 11 is 0. The van der Waals surface area contributed by atoms with Crippen LogP contribution in [0.15, 0.2) is 0 Å². The molecule has 0 radical (unpaired) electrons. The van der Waals surface area contributed by atoms with E-state index in [1.54, 1.807) is 0 Å². The largest absolute Gasteiger partial charge is 0.472 e. The van der Waals surface area contributed by atoms with Crippen molar-refractivity contribution in [1.82, 2.24) is 0 Å². The minimum atomic E-state index is -5.01. The zero-order chi connectivity index (χ0) is 44.1. The number of hydrogen-bond donors (Lipinski definition) is 6. The quantitative estimate of drug-likeness (QED) is 0.0193. The Balaban J connectivity index is 2.33. The van der Waals surface area contributed by atoms with Gasteiger partial charge in [0, 0.05) is 13.0 Å². The molecule has 0 spiro atoms. The highest BCUT2D eigenvalue weighted by atomic mass is 31.2. The number of phosphoric ester groups is 1. The van der Waals surface area contributed by atoms with Crippen LogP contribution >= 0.6 is 7.82 Å². The first-order valence-electron chi connectivity index (χ1n) is 24.9. The average Bonchev–Trinajstić information content (AvgIpc) is 3.23. The zero-order valence-corrected chi connectivity index (χ0v) is 39.2. The second-order valence-electron chi connectivity index (χ2n) is 17.7. The third-order valence-corrected chi connectivity index (χ3v) is 13.0. The van der Waals surface area contributed by atoms with Crippen molar-refractivity contribution >= 4 is 13.8 Å². The molecule has 0 aliphatic heterocycles. The molecule has 0 heterocycles. The van der Waals surface area contributed by atoms with Crippen LogP contribution in [0.2, 0.25) is 0 Å². The van der Waals surface area contributed by atoms with Crippen LogP contribution in [0.1, 0.15) is 232 Å². The summed E-state index contributed by atoms with van der Waals surface area (Å²) in [6.07, 6.45) is 28.8. The van der Waals surface area contributed by atoms with Crippen molar-refractivity contribution in [1.29, 1.82) is 0 Å². The first kappa shape index (κ1) is 57.4. The van der Waals surface area contributed by atoms with Gasteiger partial charge in [0.05, 0.1) is 13.2 Å². The van der Waals surface area contributed by atoms with Crippen LogP contribution in [0.4, 0.5) is 0 Å². The fourth-order valence-corrected chi connectivity index (χ4v) is 8.98. The summed E-state index contributed by atoms with van der Waals surface area (Å²) in [6.45, 7) is 4.31. The van der Waals surface area contributed by atoms with E-state index in [2.05, 4.69) is 13.8 Å². The fourth-order valence-electron chi connectivity index (χ4n) is 8.01. The van der Waals surface area contributed by atoms with E-state index >= 15 is 0 Å². The van der Waals surface area contributed by atoms with Crippen LogP contribution in [0, 0.1) is 0 Å². The minimum absolute atomic E-state index is 0.0678. The molecular weight excluding hydrogens is 787 g/mol. The van der Waals surface area contributed by atoms with Crippen LogP contribution in [0.5, 0.6) is 0 Å². The molecule has 0 aromatic rings. The van der Waals surface area contributed by atoms with Crippen molar-refractivity contribution in [2.75, 3.05) is 19.8 Å². The van der Waals surface area contributed by atoms with Gasteiger partial charge >= 0.3 is 13.8 Å². The first-order valence-corrected chi connectivity index (χ1v) is 26.4. The highest BCUT2D eigenvalue weighted by molar-refractivity contribution is 7.47. The van der Waals surface area contributed by atoms with Gasteiger partial charge in [-0.15, -0.1) is 0 Å². The lowest BCUT2D eigenvalue weighted by Crippen LogP contribution is -2.64. The Morgan fingerprint density at radius 3 is 1.15 bits per heavy atom. The van der Waals surface area contributed by atoms with Crippen molar-refractivity contribution in [3.63, 3.8) is 0 Å². The molecule has 1 fully saturated rings. The number of unbranched alkanes of at least 4 members (excludes halogenated alkanes) is 31. The van der Waals surface area contributed by atoms with Crippen LogP contribution in [0.25, 0.3) is 0 Å². The lowest BCUT2D eigenvalue weighted by atomic mass is 9.85. The third-order valence-electron chi connectivity index (χ3n) is 12.0. The van der Waals surface area contributed by atoms with Crippen molar-refractivity contribution < 1.29 is 58.3 Å². The zero-order valence-electron chi connectivity index (χ0n) is 38.3. The van der Waals surface area contributed by atoms with Gasteiger partial charge < -0.3 is 39.9 Å². The molecule has 6 unspecified atom stereocenters. The molecule has 60 heavy (non-hydrogen) atoms. The van der Waals surface area contributed by atoms with Crippen molar-refractivity contribution in [2.45, 2.75) is 275 Å². The number of hydrogen-bond acceptors (Lipinski definition) is 11. The standard InChI is InChI=1S/C47H93O12P/c1-3-5-7-9-11-13-15-17-19-20-21-22-23-24-26-28-30-32-34-36-41(48)58-40(38-56-37-35-33-31-29-27-25-18-16-14-12-10-8-6-4-2)39-57-60(54,55)59-47-45(52)43(50)42(49)44(51)46(47)53/h40,42-47,49-53H,3-39H2,1-2H3,(H,54,55)/t40-,42?,43-,44?,45?,46?,47?/m1/s1. The molecule has 0 aromatic heterocycles. The van der Waals surface area contributed by atoms with Crippen LogP contribution in [-0.2, 0) is 27.9 Å². The molecule has 1 saturated carbocycles. The van der Waals surface area contributed by atoms with Crippen molar-refractivity contribution in [2.24, 2.45) is 0 Å². The number of aliphatic hydroxyl groups excluding tert-OH is 5. The predicted molar refractivity (Wildman–Crippen MR) is 240 cm³/mol. The molecule has 6 N–H and O–H groups in total. The van der Waals surface area contributed by atoms with Gasteiger partial charge in [-0.1, -0.05) is 213 Å². The normalized spacial score (nSPS) is 22.2. The molecule has 0 bridgehead atoms. The SMILES string of the molecule is CCCCCCCCCCCCCCCCCCCCCC(=O)O[C@H](COCCCCCCCCCCCCCCCC)COP(=O)(O)OC1C(O)C(O)C(O)[C@@H](O)C1O. The number of ether oxygens (including phenoxy) is 2. The number of carbonyl (C=O) groups is 1. The van der Waals surface area contributed by atoms with E-state index in [-0.39, 0.29) is 13.0 Å². The number of aliphatic hydroxyl groups is 5. The molecule has 0 amide bonds. The summed E-state index contributed by atoms with van der Waals surface area (Å²) in [5, 5.41) is 50.2. The van der Waals surface area contributed by atoms with Gasteiger partial charge in [0.25, 0.3) is 0 Å². The van der Waals surface area contributed by atoms with Crippen LogP contribution in [0.3, 0.4) is 0 Å². The Bertz CT molecular complexity index is 1000. The maximum Gasteiger partial charge on any atom is 0.472 e. The van der Waals surface area contributed by atoms with Gasteiger partial charge in [-0.3, -0.25) is 13.8 Å². The fraction of sp³-hybridized carbons (Fsp3) is 0.979. The number of carbonyl (C=O) groups excluding carboxylic acids is 1. The molecular formula is C47H93O12P.